The second kappa shape index (κ2) is 4.96. The van der Waals surface area contributed by atoms with E-state index < -0.39 is 0 Å². The van der Waals surface area contributed by atoms with Crippen LogP contribution in [0.3, 0.4) is 0 Å². The van der Waals surface area contributed by atoms with Gasteiger partial charge in [0.05, 0.1) is 5.71 Å². The highest BCUT2D eigenvalue weighted by Crippen LogP contribution is 2.21. The van der Waals surface area contributed by atoms with Crippen LogP contribution in [0.15, 0.2) is 54.6 Å². The molecule has 17 heavy (non-hydrogen) atoms. The van der Waals surface area contributed by atoms with Gasteiger partial charge in [-0.05, 0) is 11.5 Å². The maximum atomic E-state index is 8.30. The highest BCUT2D eigenvalue weighted by Gasteiger charge is 2.11. The fourth-order valence-electron chi connectivity index (χ4n) is 1.99. The molecule has 0 atom stereocenters. The first-order chi connectivity index (χ1) is 8.20. The van der Waals surface area contributed by atoms with Gasteiger partial charge in [-0.1, -0.05) is 68.4 Å². The molecule has 0 radical (unpaired) electrons. The quantitative estimate of drug-likeness (QED) is 0.753. The van der Waals surface area contributed by atoms with E-state index in [9.17, 15) is 0 Å². The van der Waals surface area contributed by atoms with Crippen LogP contribution in [0, 0.1) is 5.41 Å². The first kappa shape index (κ1) is 11.6. The van der Waals surface area contributed by atoms with Crippen molar-refractivity contribution in [1.82, 2.24) is 0 Å². The monoisotopic (exact) mass is 223 g/mol. The normalized spacial score (nSPS) is 10.5. The Hall–Kier alpha value is -1.89. The molecule has 0 aliphatic heterocycles. The molecule has 1 N–H and O–H groups in total. The lowest BCUT2D eigenvalue weighted by Gasteiger charge is -2.13. The van der Waals surface area contributed by atoms with Crippen LogP contribution in [-0.4, -0.2) is 5.71 Å². The van der Waals surface area contributed by atoms with Crippen LogP contribution in [0.5, 0.6) is 0 Å². The van der Waals surface area contributed by atoms with Crippen molar-refractivity contribution in [2.24, 2.45) is 0 Å². The number of hydrogen-bond donors (Lipinski definition) is 1. The fourth-order valence-corrected chi connectivity index (χ4v) is 1.99. The second-order valence-electron chi connectivity index (χ2n) is 4.48. The highest BCUT2D eigenvalue weighted by atomic mass is 14.4. The van der Waals surface area contributed by atoms with E-state index in [-0.39, 0.29) is 0 Å². The molecule has 1 nitrogen and oxygen atoms in total. The Balaban J connectivity index is 2.45. The van der Waals surface area contributed by atoms with Gasteiger partial charge in [-0.2, -0.15) is 0 Å². The topological polar surface area (TPSA) is 23.9 Å². The van der Waals surface area contributed by atoms with Gasteiger partial charge in [0.1, 0.15) is 0 Å². The van der Waals surface area contributed by atoms with Crippen molar-refractivity contribution in [3.63, 3.8) is 0 Å². The average Bonchev–Trinajstić information content (AvgIpc) is 2.39. The van der Waals surface area contributed by atoms with E-state index >= 15 is 0 Å². The van der Waals surface area contributed by atoms with Gasteiger partial charge in [-0.25, -0.2) is 0 Å². The molecular formula is C16H17N. The van der Waals surface area contributed by atoms with E-state index in [1.54, 1.807) is 0 Å². The van der Waals surface area contributed by atoms with Gasteiger partial charge in [0.25, 0.3) is 0 Å². The van der Waals surface area contributed by atoms with Crippen LogP contribution in [0.4, 0.5) is 0 Å². The lowest BCUT2D eigenvalue weighted by molar-refractivity contribution is 0.864. The zero-order chi connectivity index (χ0) is 12.3. The van der Waals surface area contributed by atoms with Crippen molar-refractivity contribution < 1.29 is 0 Å². The van der Waals surface area contributed by atoms with Crippen LogP contribution in [0.1, 0.15) is 36.5 Å². The van der Waals surface area contributed by atoms with Gasteiger partial charge in [-0.3, -0.25) is 5.41 Å². The maximum absolute atomic E-state index is 8.30. The van der Waals surface area contributed by atoms with Crippen molar-refractivity contribution in [1.29, 1.82) is 5.41 Å². The summed E-state index contributed by atoms with van der Waals surface area (Å²) in [6.07, 6.45) is 0. The summed E-state index contributed by atoms with van der Waals surface area (Å²) < 4.78 is 0. The third kappa shape index (κ3) is 2.44. The van der Waals surface area contributed by atoms with Crippen LogP contribution in [0.25, 0.3) is 0 Å². The third-order valence-corrected chi connectivity index (χ3v) is 2.91. The van der Waals surface area contributed by atoms with Crippen LogP contribution in [-0.2, 0) is 0 Å². The summed E-state index contributed by atoms with van der Waals surface area (Å²) in [6.45, 7) is 4.33. The summed E-state index contributed by atoms with van der Waals surface area (Å²) in [6, 6.07) is 18.1. The lowest BCUT2D eigenvalue weighted by atomic mass is 9.92. The van der Waals surface area contributed by atoms with Gasteiger partial charge < -0.3 is 0 Å². The van der Waals surface area contributed by atoms with Gasteiger partial charge in [0.15, 0.2) is 0 Å². The molecule has 0 aliphatic carbocycles. The smallest absolute Gasteiger partial charge is 0.0687 e. The number of nitrogens with one attached hydrogen (secondary N) is 1. The van der Waals surface area contributed by atoms with Gasteiger partial charge in [0, 0.05) is 11.1 Å². The minimum Gasteiger partial charge on any atom is -0.300 e. The molecule has 86 valence electrons. The molecule has 0 heterocycles. The van der Waals surface area contributed by atoms with E-state index in [4.69, 9.17) is 5.41 Å². The molecule has 0 saturated heterocycles. The average molecular weight is 223 g/mol. The molecule has 0 aliphatic rings. The van der Waals surface area contributed by atoms with E-state index in [0.717, 1.165) is 11.1 Å². The summed E-state index contributed by atoms with van der Waals surface area (Å²) in [5.74, 6) is 0.440. The predicted molar refractivity (Wildman–Crippen MR) is 72.9 cm³/mol. The molecule has 2 aromatic rings. The summed E-state index contributed by atoms with van der Waals surface area (Å²) in [4.78, 5) is 0. The van der Waals surface area contributed by atoms with Gasteiger partial charge >= 0.3 is 0 Å². The van der Waals surface area contributed by atoms with Crippen LogP contribution in [0.2, 0.25) is 0 Å². The van der Waals surface area contributed by atoms with Crippen molar-refractivity contribution >= 4 is 5.71 Å². The van der Waals surface area contributed by atoms with Gasteiger partial charge in [-0.15, -0.1) is 0 Å². The lowest BCUT2D eigenvalue weighted by Crippen LogP contribution is -2.06. The zero-order valence-corrected chi connectivity index (χ0v) is 10.3. The highest BCUT2D eigenvalue weighted by molar-refractivity contribution is 6.11. The Morgan fingerprint density at radius 1 is 0.882 bits per heavy atom. The van der Waals surface area contributed by atoms with E-state index in [1.165, 1.54) is 5.56 Å². The maximum Gasteiger partial charge on any atom is 0.0687 e. The Morgan fingerprint density at radius 3 is 2.12 bits per heavy atom. The Kier molecular flexibility index (Phi) is 3.38. The summed E-state index contributed by atoms with van der Waals surface area (Å²) in [5.41, 5.74) is 3.85. The van der Waals surface area contributed by atoms with Crippen molar-refractivity contribution in [3.8, 4) is 0 Å². The van der Waals surface area contributed by atoms with Crippen LogP contribution >= 0.6 is 0 Å². The number of benzene rings is 2. The van der Waals surface area contributed by atoms with Crippen molar-refractivity contribution in [3.05, 3.63) is 71.3 Å². The SMILES string of the molecule is CC(C)c1ccccc1C(=N)c1ccccc1. The molecule has 0 spiro atoms. The number of hydrogen-bond acceptors (Lipinski definition) is 1. The molecule has 0 saturated carbocycles. The zero-order valence-electron chi connectivity index (χ0n) is 10.3. The Morgan fingerprint density at radius 2 is 1.47 bits per heavy atom. The van der Waals surface area contributed by atoms with E-state index in [2.05, 4.69) is 19.9 Å². The Bertz CT molecular complexity index is 512. The predicted octanol–water partition coefficient (Wildman–Crippen LogP) is 4.23. The molecule has 0 amide bonds. The molecular weight excluding hydrogens is 206 g/mol. The Labute approximate surface area is 103 Å². The second-order valence-corrected chi connectivity index (χ2v) is 4.48. The first-order valence-corrected chi connectivity index (χ1v) is 5.93. The summed E-state index contributed by atoms with van der Waals surface area (Å²) in [5, 5.41) is 8.30. The van der Waals surface area contributed by atoms with Gasteiger partial charge in [0.2, 0.25) is 0 Å². The molecule has 0 aromatic heterocycles. The standard InChI is InChI=1S/C16H17N/c1-12(2)14-10-6-7-11-15(14)16(17)13-8-4-3-5-9-13/h3-12,17H,1-2H3. The first-order valence-electron chi connectivity index (χ1n) is 5.93. The van der Waals surface area contributed by atoms with Crippen molar-refractivity contribution in [2.75, 3.05) is 0 Å². The third-order valence-electron chi connectivity index (χ3n) is 2.91. The van der Waals surface area contributed by atoms with Crippen molar-refractivity contribution in [2.45, 2.75) is 19.8 Å². The molecule has 1 heteroatoms. The van der Waals surface area contributed by atoms with E-state index in [0.29, 0.717) is 11.6 Å². The van der Waals surface area contributed by atoms with Crippen LogP contribution < -0.4 is 0 Å². The summed E-state index contributed by atoms with van der Waals surface area (Å²) >= 11 is 0. The molecule has 0 unspecified atom stereocenters. The molecule has 0 fully saturated rings. The summed E-state index contributed by atoms with van der Waals surface area (Å²) in [7, 11) is 0. The molecule has 2 aromatic carbocycles. The largest absolute Gasteiger partial charge is 0.300 e. The minimum absolute atomic E-state index is 0.440. The molecule has 2 rings (SSSR count). The van der Waals surface area contributed by atoms with E-state index in [1.807, 2.05) is 48.5 Å². The minimum atomic E-state index is 0.440. The fraction of sp³-hybridized carbons (Fsp3) is 0.188. The molecule has 0 bridgehead atoms. The number of rotatable bonds is 3.